The molecule has 3 heterocycles. The summed E-state index contributed by atoms with van der Waals surface area (Å²) in [6.07, 6.45) is 4.72. The van der Waals surface area contributed by atoms with Gasteiger partial charge in [-0.2, -0.15) is 0 Å². The van der Waals surface area contributed by atoms with Gasteiger partial charge in [-0.3, -0.25) is 4.98 Å². The van der Waals surface area contributed by atoms with Gasteiger partial charge >= 0.3 is 0 Å². The van der Waals surface area contributed by atoms with Crippen molar-refractivity contribution in [3.63, 3.8) is 0 Å². The first-order chi connectivity index (χ1) is 13.2. The van der Waals surface area contributed by atoms with Crippen LogP contribution in [-0.4, -0.2) is 24.9 Å². The lowest BCUT2D eigenvalue weighted by molar-refractivity contribution is 0.628. The van der Waals surface area contributed by atoms with Crippen LogP contribution in [0.5, 0.6) is 0 Å². The van der Waals surface area contributed by atoms with Crippen LogP contribution in [0.1, 0.15) is 5.82 Å². The molecule has 0 unspecified atom stereocenters. The van der Waals surface area contributed by atoms with Crippen molar-refractivity contribution in [2.24, 2.45) is 0 Å². The summed E-state index contributed by atoms with van der Waals surface area (Å²) in [7, 11) is 0. The molecule has 134 valence electrons. The second-order valence-corrected chi connectivity index (χ2v) is 6.15. The van der Waals surface area contributed by atoms with Gasteiger partial charge in [0.05, 0.1) is 41.0 Å². The summed E-state index contributed by atoms with van der Waals surface area (Å²) >= 11 is 5.79. The van der Waals surface area contributed by atoms with Crippen molar-refractivity contribution in [1.29, 1.82) is 0 Å². The van der Waals surface area contributed by atoms with Gasteiger partial charge < -0.3 is 10.3 Å². The normalized spacial score (nSPS) is 10.7. The van der Waals surface area contributed by atoms with E-state index < -0.39 is 0 Å². The average molecular weight is 381 g/mol. The summed E-state index contributed by atoms with van der Waals surface area (Å²) in [6.45, 7) is 0.358. The molecule has 2 N–H and O–H groups in total. The van der Waals surface area contributed by atoms with Crippen LogP contribution in [0.15, 0.2) is 61.1 Å². The zero-order valence-electron chi connectivity index (χ0n) is 14.0. The van der Waals surface area contributed by atoms with E-state index in [1.807, 2.05) is 24.3 Å². The van der Waals surface area contributed by atoms with Crippen LogP contribution in [0.2, 0.25) is 5.02 Å². The Labute approximate surface area is 159 Å². The van der Waals surface area contributed by atoms with Crippen molar-refractivity contribution in [3.05, 3.63) is 77.7 Å². The van der Waals surface area contributed by atoms with Crippen LogP contribution >= 0.6 is 11.6 Å². The minimum atomic E-state index is -0.322. The fraction of sp³-hybridized carbons (Fsp3) is 0.0526. The number of anilines is 1. The largest absolute Gasteiger partial charge is 0.347 e. The van der Waals surface area contributed by atoms with Crippen LogP contribution in [0.25, 0.3) is 22.6 Å². The summed E-state index contributed by atoms with van der Waals surface area (Å²) in [6, 6.07) is 11.9. The van der Waals surface area contributed by atoms with E-state index in [-0.39, 0.29) is 5.82 Å². The number of hydrogen-bond donors (Lipinski definition) is 2. The highest BCUT2D eigenvalue weighted by molar-refractivity contribution is 6.30. The average Bonchev–Trinajstić information content (AvgIpc) is 3.13. The molecule has 0 saturated carbocycles. The molecule has 0 atom stereocenters. The number of imidazole rings is 1. The smallest absolute Gasteiger partial charge is 0.223 e. The second-order valence-electron chi connectivity index (χ2n) is 5.71. The molecule has 8 heteroatoms. The third kappa shape index (κ3) is 3.93. The van der Waals surface area contributed by atoms with E-state index >= 15 is 0 Å². The third-order valence-corrected chi connectivity index (χ3v) is 4.00. The van der Waals surface area contributed by atoms with Crippen molar-refractivity contribution >= 4 is 17.5 Å². The van der Waals surface area contributed by atoms with Crippen molar-refractivity contribution in [2.45, 2.75) is 6.54 Å². The highest BCUT2D eigenvalue weighted by Gasteiger charge is 2.15. The van der Waals surface area contributed by atoms with Gasteiger partial charge in [0.1, 0.15) is 11.6 Å². The molecule has 0 aliphatic carbocycles. The molecule has 0 amide bonds. The molecule has 0 spiro atoms. The summed E-state index contributed by atoms with van der Waals surface area (Å²) in [4.78, 5) is 20.4. The maximum Gasteiger partial charge on any atom is 0.223 e. The summed E-state index contributed by atoms with van der Waals surface area (Å²) < 4.78 is 13.7. The van der Waals surface area contributed by atoms with Crippen molar-refractivity contribution in [2.75, 3.05) is 5.32 Å². The number of halogens is 2. The Kier molecular flexibility index (Phi) is 4.76. The number of pyridine rings is 1. The maximum atomic E-state index is 13.7. The maximum absolute atomic E-state index is 13.7. The number of nitrogens with one attached hydrogen (secondary N) is 2. The van der Waals surface area contributed by atoms with Crippen LogP contribution in [0.4, 0.5) is 10.3 Å². The van der Waals surface area contributed by atoms with E-state index in [0.717, 1.165) is 11.4 Å². The van der Waals surface area contributed by atoms with Gasteiger partial charge in [-0.05, 0) is 24.3 Å². The molecule has 3 aromatic heterocycles. The van der Waals surface area contributed by atoms with Gasteiger partial charge in [-0.25, -0.2) is 19.3 Å². The minimum absolute atomic E-state index is 0.322. The fourth-order valence-corrected chi connectivity index (χ4v) is 2.71. The molecule has 27 heavy (non-hydrogen) atoms. The van der Waals surface area contributed by atoms with Crippen molar-refractivity contribution < 1.29 is 4.39 Å². The summed E-state index contributed by atoms with van der Waals surface area (Å²) in [5, 5.41) is 3.54. The molecule has 0 fully saturated rings. The van der Waals surface area contributed by atoms with Gasteiger partial charge in [-0.1, -0.05) is 29.8 Å². The van der Waals surface area contributed by atoms with E-state index in [0.29, 0.717) is 34.6 Å². The Bertz CT molecular complexity index is 1050. The number of hydrogen-bond acceptors (Lipinski definition) is 5. The molecular formula is C19H14ClFN6. The van der Waals surface area contributed by atoms with Gasteiger partial charge in [0.15, 0.2) is 0 Å². The molecule has 4 rings (SSSR count). The van der Waals surface area contributed by atoms with Crippen molar-refractivity contribution in [3.8, 4) is 22.6 Å². The Morgan fingerprint density at radius 1 is 1.04 bits per heavy atom. The zero-order valence-corrected chi connectivity index (χ0v) is 14.8. The monoisotopic (exact) mass is 380 g/mol. The topological polar surface area (TPSA) is 79.4 Å². The van der Waals surface area contributed by atoms with E-state index in [9.17, 15) is 4.39 Å². The minimum Gasteiger partial charge on any atom is -0.347 e. The molecule has 0 radical (unpaired) electrons. The van der Waals surface area contributed by atoms with Crippen LogP contribution in [-0.2, 0) is 6.54 Å². The number of rotatable bonds is 5. The Morgan fingerprint density at radius 2 is 1.89 bits per heavy atom. The molecule has 0 aliphatic heterocycles. The predicted molar refractivity (Wildman–Crippen MR) is 102 cm³/mol. The van der Waals surface area contributed by atoms with E-state index in [1.54, 1.807) is 12.3 Å². The predicted octanol–water partition coefficient (Wildman–Crippen LogP) is 4.33. The zero-order chi connectivity index (χ0) is 18.6. The van der Waals surface area contributed by atoms with E-state index in [2.05, 4.69) is 30.2 Å². The molecule has 0 saturated heterocycles. The van der Waals surface area contributed by atoms with Gasteiger partial charge in [0.25, 0.3) is 0 Å². The molecule has 1 aromatic carbocycles. The van der Waals surface area contributed by atoms with Crippen LogP contribution in [0.3, 0.4) is 0 Å². The fourth-order valence-electron chi connectivity index (χ4n) is 2.61. The molecular weight excluding hydrogens is 367 g/mol. The van der Waals surface area contributed by atoms with Crippen LogP contribution in [0, 0.1) is 5.82 Å². The first kappa shape index (κ1) is 17.1. The molecule has 4 aromatic rings. The number of H-pyrrole nitrogens is 1. The number of benzene rings is 1. The second kappa shape index (κ2) is 7.51. The first-order valence-electron chi connectivity index (χ1n) is 8.17. The SMILES string of the molecule is Fc1cccc(-c2nc(CNc3ncc(Cl)cn3)[nH]c2-c2ccccn2)c1. The highest BCUT2D eigenvalue weighted by Crippen LogP contribution is 2.29. The lowest BCUT2D eigenvalue weighted by Crippen LogP contribution is -2.04. The number of aromatic nitrogens is 5. The molecule has 6 nitrogen and oxygen atoms in total. The lowest BCUT2D eigenvalue weighted by Gasteiger charge is -2.02. The third-order valence-electron chi connectivity index (χ3n) is 3.81. The van der Waals surface area contributed by atoms with Crippen molar-refractivity contribution in [1.82, 2.24) is 24.9 Å². The summed E-state index contributed by atoms with van der Waals surface area (Å²) in [5.41, 5.74) is 2.73. The van der Waals surface area contributed by atoms with Gasteiger partial charge in [-0.15, -0.1) is 0 Å². The molecule has 0 aliphatic rings. The Hall–Kier alpha value is -3.32. The van der Waals surface area contributed by atoms with Crippen LogP contribution < -0.4 is 5.32 Å². The van der Waals surface area contributed by atoms with E-state index in [4.69, 9.17) is 11.6 Å². The molecule has 0 bridgehead atoms. The Morgan fingerprint density at radius 3 is 2.63 bits per heavy atom. The first-order valence-corrected chi connectivity index (χ1v) is 8.54. The number of aromatic amines is 1. The van der Waals surface area contributed by atoms with E-state index in [1.165, 1.54) is 24.5 Å². The highest BCUT2D eigenvalue weighted by atomic mass is 35.5. The summed E-state index contributed by atoms with van der Waals surface area (Å²) in [5.74, 6) is 0.757. The Balaban J connectivity index is 1.68. The standard InChI is InChI=1S/C19H14ClFN6/c20-13-9-23-19(24-10-13)25-11-16-26-17(12-4-3-5-14(21)8-12)18(27-16)15-6-1-2-7-22-15/h1-10H,11H2,(H,26,27)(H,23,24,25). The lowest BCUT2D eigenvalue weighted by atomic mass is 10.1. The van der Waals surface area contributed by atoms with Gasteiger partial charge in [0.2, 0.25) is 5.95 Å². The quantitative estimate of drug-likeness (QED) is 0.538. The number of nitrogens with zero attached hydrogens (tertiary/aromatic N) is 4. The van der Waals surface area contributed by atoms with Gasteiger partial charge in [0, 0.05) is 11.8 Å².